The maximum Gasteiger partial charge on any atom is 0.334 e. The first-order valence-electron chi connectivity index (χ1n) is 13.3. The summed E-state index contributed by atoms with van der Waals surface area (Å²) in [7, 11) is 3.23. The Morgan fingerprint density at radius 3 is 1.97 bits per heavy atom. The van der Waals surface area contributed by atoms with E-state index in [0.717, 1.165) is 30.8 Å². The number of likely N-dealkylation sites (N-methyl/N-ethyl adjacent to an activating group) is 2. The average molecular weight is 551 g/mol. The van der Waals surface area contributed by atoms with Gasteiger partial charge >= 0.3 is 12.1 Å². The first kappa shape index (κ1) is 28.0. The van der Waals surface area contributed by atoms with E-state index in [1.165, 1.54) is 45.3 Å². The summed E-state index contributed by atoms with van der Waals surface area (Å²) >= 11 is 2.97. The number of amides is 7. The van der Waals surface area contributed by atoms with Crippen LogP contribution in [0.2, 0.25) is 0 Å². The Bertz CT molecular complexity index is 1020. The Kier molecular flexibility index (Phi) is 8.05. The van der Waals surface area contributed by atoms with Crippen molar-refractivity contribution in [3.8, 4) is 0 Å². The number of thioether (sulfide) groups is 2. The largest absolute Gasteiger partial charge is 0.334 e. The van der Waals surface area contributed by atoms with Crippen LogP contribution >= 0.6 is 23.5 Å². The molecule has 2 saturated heterocycles. The minimum atomic E-state index is -0.752. The summed E-state index contributed by atoms with van der Waals surface area (Å²) in [6.45, 7) is 6.28. The van der Waals surface area contributed by atoms with Gasteiger partial charge in [-0.3, -0.25) is 29.1 Å². The highest BCUT2D eigenvalue weighted by molar-refractivity contribution is 8.22. The van der Waals surface area contributed by atoms with Gasteiger partial charge in [0.1, 0.15) is 11.1 Å². The van der Waals surface area contributed by atoms with E-state index in [1.807, 2.05) is 20.8 Å². The number of hydrogen-bond acceptors (Lipinski definition) is 7. The Labute approximate surface area is 227 Å². The number of rotatable bonds is 8. The van der Waals surface area contributed by atoms with E-state index in [2.05, 4.69) is 0 Å². The zero-order chi connectivity index (χ0) is 27.1. The minimum Gasteiger partial charge on any atom is -0.313 e. The highest BCUT2D eigenvalue weighted by Crippen LogP contribution is 2.61. The van der Waals surface area contributed by atoms with Gasteiger partial charge in [0.25, 0.3) is 17.7 Å². The molecule has 2 aliphatic heterocycles. The summed E-state index contributed by atoms with van der Waals surface area (Å²) in [6, 6.07) is -1.05. The molecule has 0 atom stereocenters. The zero-order valence-electron chi connectivity index (χ0n) is 22.5. The lowest BCUT2D eigenvalue weighted by atomic mass is 9.51. The molecule has 11 heteroatoms. The molecular formula is C26H38N4O5S2. The second kappa shape index (κ2) is 10.6. The summed E-state index contributed by atoms with van der Waals surface area (Å²) in [5.41, 5.74) is -0.680. The lowest BCUT2D eigenvalue weighted by Crippen LogP contribution is -2.65. The fourth-order valence-corrected chi connectivity index (χ4v) is 8.67. The molecule has 2 aliphatic carbocycles. The van der Waals surface area contributed by atoms with E-state index in [1.54, 1.807) is 11.9 Å². The molecule has 0 aromatic carbocycles. The Hall–Kier alpha value is -2.01. The summed E-state index contributed by atoms with van der Waals surface area (Å²) in [6.07, 6.45) is 5.59. The van der Waals surface area contributed by atoms with Crippen LogP contribution in [0.4, 0.5) is 9.59 Å². The van der Waals surface area contributed by atoms with Crippen molar-refractivity contribution in [1.82, 2.24) is 19.6 Å². The molecule has 37 heavy (non-hydrogen) atoms. The first-order chi connectivity index (χ1) is 17.6. The fraction of sp³-hybridized carbons (Fsp3) is 0.731. The molecule has 4 rings (SSSR count). The molecule has 4 fully saturated rings. The van der Waals surface area contributed by atoms with Crippen molar-refractivity contribution in [2.75, 3.05) is 32.1 Å². The number of carbonyl (C=O) groups is 5. The molecule has 0 N–H and O–H groups in total. The molecule has 0 radical (unpaired) electrons. The first-order valence-corrected chi connectivity index (χ1v) is 15.3. The second-order valence-corrected chi connectivity index (χ2v) is 13.4. The second-order valence-electron chi connectivity index (χ2n) is 10.6. The van der Waals surface area contributed by atoms with E-state index in [-0.39, 0.29) is 29.0 Å². The van der Waals surface area contributed by atoms with Crippen LogP contribution in [0, 0.1) is 5.41 Å². The Balaban J connectivity index is 1.54. The van der Waals surface area contributed by atoms with Gasteiger partial charge in [-0.15, -0.1) is 23.5 Å². The quantitative estimate of drug-likeness (QED) is 0.253. The number of urea groups is 2. The van der Waals surface area contributed by atoms with Crippen LogP contribution in [-0.2, 0) is 14.4 Å². The number of hydrogen-bond donors (Lipinski definition) is 0. The van der Waals surface area contributed by atoms with Crippen molar-refractivity contribution in [2.24, 2.45) is 5.41 Å². The standard InChI is InChI=1S/C26H38N4O5S2/c1-6-9-14-29-19(31)18(21(36-7-2)37-8-3)20(32)30(24(29)35)17-10-12-25(13-11-17)15-26(16-25)22(33)27(4)23(34)28(26)5/h17H,6-16H2,1-5H3. The average Bonchev–Trinajstić information content (AvgIpc) is 3.01. The fourth-order valence-electron chi connectivity index (χ4n) is 6.46. The van der Waals surface area contributed by atoms with Crippen LogP contribution in [0.1, 0.15) is 72.1 Å². The summed E-state index contributed by atoms with van der Waals surface area (Å²) < 4.78 is 0.698. The maximum atomic E-state index is 13.7. The third-order valence-corrected chi connectivity index (χ3v) is 10.7. The Morgan fingerprint density at radius 1 is 0.892 bits per heavy atom. The van der Waals surface area contributed by atoms with Gasteiger partial charge in [0.15, 0.2) is 0 Å². The lowest BCUT2D eigenvalue weighted by Gasteiger charge is -2.58. The van der Waals surface area contributed by atoms with E-state index in [4.69, 9.17) is 0 Å². The van der Waals surface area contributed by atoms with Crippen LogP contribution in [-0.4, -0.2) is 93.1 Å². The van der Waals surface area contributed by atoms with Gasteiger partial charge in [-0.25, -0.2) is 9.59 Å². The molecule has 204 valence electrons. The minimum absolute atomic E-state index is 0.0641. The van der Waals surface area contributed by atoms with Gasteiger partial charge in [0, 0.05) is 26.7 Å². The Morgan fingerprint density at radius 2 is 1.49 bits per heavy atom. The molecule has 0 unspecified atom stereocenters. The highest BCUT2D eigenvalue weighted by Gasteiger charge is 2.67. The van der Waals surface area contributed by atoms with Crippen molar-refractivity contribution in [1.29, 1.82) is 0 Å². The molecule has 0 bridgehead atoms. The van der Waals surface area contributed by atoms with Crippen LogP contribution in [0.3, 0.4) is 0 Å². The van der Waals surface area contributed by atoms with Gasteiger partial charge in [0.05, 0.1) is 4.24 Å². The molecule has 2 spiro atoms. The third-order valence-electron chi connectivity index (χ3n) is 8.45. The normalized spacial score (nSPS) is 30.4. The zero-order valence-corrected chi connectivity index (χ0v) is 24.1. The van der Waals surface area contributed by atoms with Gasteiger partial charge in [0.2, 0.25) is 0 Å². The summed E-state index contributed by atoms with van der Waals surface area (Å²) in [5, 5.41) is 0. The third kappa shape index (κ3) is 4.49. The summed E-state index contributed by atoms with van der Waals surface area (Å²) in [5.74, 6) is 0.384. The smallest absolute Gasteiger partial charge is 0.313 e. The van der Waals surface area contributed by atoms with Crippen molar-refractivity contribution >= 4 is 53.3 Å². The number of unbranched alkanes of at least 4 members (excludes halogenated alkanes) is 1. The number of carbonyl (C=O) groups excluding carboxylic acids is 5. The molecule has 7 amide bonds. The van der Waals surface area contributed by atoms with E-state index in [9.17, 15) is 24.0 Å². The summed E-state index contributed by atoms with van der Waals surface area (Å²) in [4.78, 5) is 71.2. The predicted molar refractivity (Wildman–Crippen MR) is 145 cm³/mol. The van der Waals surface area contributed by atoms with Crippen molar-refractivity contribution in [2.45, 2.75) is 83.7 Å². The van der Waals surface area contributed by atoms with Gasteiger partial charge in [-0.1, -0.05) is 27.2 Å². The van der Waals surface area contributed by atoms with Gasteiger partial charge in [-0.2, -0.15) is 0 Å². The monoisotopic (exact) mass is 550 g/mol. The van der Waals surface area contributed by atoms with E-state index >= 15 is 0 Å². The van der Waals surface area contributed by atoms with E-state index < -0.39 is 23.4 Å². The van der Waals surface area contributed by atoms with Gasteiger partial charge < -0.3 is 4.90 Å². The molecular weight excluding hydrogens is 512 g/mol. The predicted octanol–water partition coefficient (Wildman–Crippen LogP) is 4.28. The molecule has 0 aromatic heterocycles. The number of barbiturate groups is 1. The van der Waals surface area contributed by atoms with Crippen molar-refractivity contribution < 1.29 is 24.0 Å². The molecule has 4 aliphatic rings. The number of nitrogens with zero attached hydrogens (tertiary/aromatic N) is 4. The van der Waals surface area contributed by atoms with Crippen molar-refractivity contribution in [3.05, 3.63) is 9.81 Å². The number of imide groups is 3. The maximum absolute atomic E-state index is 13.7. The van der Waals surface area contributed by atoms with Crippen LogP contribution in [0.15, 0.2) is 9.81 Å². The van der Waals surface area contributed by atoms with Crippen LogP contribution < -0.4 is 0 Å². The molecule has 2 saturated carbocycles. The van der Waals surface area contributed by atoms with Crippen molar-refractivity contribution in [3.63, 3.8) is 0 Å². The molecule has 9 nitrogen and oxygen atoms in total. The highest BCUT2D eigenvalue weighted by atomic mass is 32.2. The topological polar surface area (TPSA) is 98.3 Å². The lowest BCUT2D eigenvalue weighted by molar-refractivity contribution is -0.149. The van der Waals surface area contributed by atoms with E-state index in [0.29, 0.717) is 42.9 Å². The van der Waals surface area contributed by atoms with Crippen LogP contribution in [0.5, 0.6) is 0 Å². The molecule has 2 heterocycles. The molecule has 0 aromatic rings. The SMILES string of the molecule is CCCCN1C(=O)C(=C(SCC)SCC)C(=O)N(C2CCC3(CC2)CC2(C3)C(=O)N(C)C(=O)N2C)C1=O. The van der Waals surface area contributed by atoms with Crippen LogP contribution in [0.25, 0.3) is 0 Å². The van der Waals surface area contributed by atoms with Gasteiger partial charge in [-0.05, 0) is 61.9 Å².